The zero-order chi connectivity index (χ0) is 20.2. The van der Waals surface area contributed by atoms with E-state index in [-0.39, 0.29) is 12.1 Å². The van der Waals surface area contributed by atoms with Crippen LogP contribution in [-0.2, 0) is 15.9 Å². The summed E-state index contributed by atoms with van der Waals surface area (Å²) < 4.78 is 10.7. The molecule has 0 bridgehead atoms. The summed E-state index contributed by atoms with van der Waals surface area (Å²) in [5.74, 6) is -0.308. The van der Waals surface area contributed by atoms with Gasteiger partial charge in [0, 0.05) is 6.61 Å². The molecule has 0 aliphatic heterocycles. The number of ether oxygens (including phenoxy) is 2. The van der Waals surface area contributed by atoms with Crippen LogP contribution in [0, 0.1) is 0 Å². The summed E-state index contributed by atoms with van der Waals surface area (Å²) >= 11 is 0. The van der Waals surface area contributed by atoms with E-state index in [1.165, 1.54) is 43.2 Å². The average molecular weight is 383 g/mol. The van der Waals surface area contributed by atoms with E-state index in [2.05, 4.69) is 31.2 Å². The SMILES string of the molecule is CCCCCCCc1ccc(-c2ccc(C(=O)OC(C)COCC)cc2)cc1. The fraction of sp³-hybridized carbons (Fsp3) is 0.480. The van der Waals surface area contributed by atoms with Gasteiger partial charge in [0.1, 0.15) is 6.10 Å². The lowest BCUT2D eigenvalue weighted by atomic mass is 10.00. The smallest absolute Gasteiger partial charge is 0.338 e. The molecule has 3 nitrogen and oxygen atoms in total. The predicted molar refractivity (Wildman–Crippen MR) is 116 cm³/mol. The maximum atomic E-state index is 12.2. The Morgan fingerprint density at radius 1 is 0.857 bits per heavy atom. The number of carbonyl (C=O) groups is 1. The molecule has 0 saturated carbocycles. The number of aryl methyl sites for hydroxylation is 1. The first-order chi connectivity index (χ1) is 13.6. The van der Waals surface area contributed by atoms with Crippen molar-refractivity contribution in [3.05, 3.63) is 59.7 Å². The van der Waals surface area contributed by atoms with Crippen LogP contribution in [-0.4, -0.2) is 25.3 Å². The molecule has 2 rings (SSSR count). The summed E-state index contributed by atoms with van der Waals surface area (Å²) in [6.07, 6.45) is 7.45. The maximum absolute atomic E-state index is 12.2. The van der Waals surface area contributed by atoms with Gasteiger partial charge in [-0.25, -0.2) is 4.79 Å². The molecule has 1 unspecified atom stereocenters. The molecular formula is C25H34O3. The van der Waals surface area contributed by atoms with Gasteiger partial charge >= 0.3 is 5.97 Å². The molecule has 152 valence electrons. The van der Waals surface area contributed by atoms with Crippen molar-refractivity contribution < 1.29 is 14.3 Å². The van der Waals surface area contributed by atoms with Crippen molar-refractivity contribution in [2.24, 2.45) is 0 Å². The first-order valence-electron chi connectivity index (χ1n) is 10.6. The Bertz CT molecular complexity index is 689. The van der Waals surface area contributed by atoms with Gasteiger partial charge in [-0.15, -0.1) is 0 Å². The van der Waals surface area contributed by atoms with E-state index >= 15 is 0 Å². The Hall–Kier alpha value is -2.13. The molecule has 0 radical (unpaired) electrons. The lowest BCUT2D eigenvalue weighted by Gasteiger charge is -2.13. The van der Waals surface area contributed by atoms with Gasteiger partial charge in [-0.2, -0.15) is 0 Å². The van der Waals surface area contributed by atoms with Crippen LogP contribution >= 0.6 is 0 Å². The second-order valence-corrected chi connectivity index (χ2v) is 7.31. The van der Waals surface area contributed by atoms with E-state index in [0.29, 0.717) is 18.8 Å². The number of carbonyl (C=O) groups excluding carboxylic acids is 1. The fourth-order valence-electron chi connectivity index (χ4n) is 3.16. The molecule has 0 heterocycles. The summed E-state index contributed by atoms with van der Waals surface area (Å²) in [4.78, 5) is 12.2. The summed E-state index contributed by atoms with van der Waals surface area (Å²) in [5, 5.41) is 0. The molecule has 0 N–H and O–H groups in total. The molecule has 1 atom stereocenters. The zero-order valence-electron chi connectivity index (χ0n) is 17.6. The summed E-state index contributed by atoms with van der Waals surface area (Å²) in [5.41, 5.74) is 4.23. The van der Waals surface area contributed by atoms with Crippen molar-refractivity contribution in [1.82, 2.24) is 0 Å². The molecule has 2 aromatic carbocycles. The van der Waals surface area contributed by atoms with Crippen molar-refractivity contribution in [2.75, 3.05) is 13.2 Å². The van der Waals surface area contributed by atoms with Gasteiger partial charge in [0.05, 0.1) is 12.2 Å². The highest BCUT2D eigenvalue weighted by Crippen LogP contribution is 2.21. The van der Waals surface area contributed by atoms with Gasteiger partial charge in [-0.1, -0.05) is 69.0 Å². The Balaban J connectivity index is 1.87. The zero-order valence-corrected chi connectivity index (χ0v) is 17.6. The second kappa shape index (κ2) is 12.4. The van der Waals surface area contributed by atoms with Crippen LogP contribution in [0.2, 0.25) is 0 Å². The Morgan fingerprint density at radius 3 is 2.07 bits per heavy atom. The minimum Gasteiger partial charge on any atom is -0.457 e. The molecule has 0 spiro atoms. The van der Waals surface area contributed by atoms with Crippen molar-refractivity contribution in [3.63, 3.8) is 0 Å². The third-order valence-electron chi connectivity index (χ3n) is 4.84. The molecule has 28 heavy (non-hydrogen) atoms. The molecular weight excluding hydrogens is 348 g/mol. The second-order valence-electron chi connectivity index (χ2n) is 7.31. The van der Waals surface area contributed by atoms with Crippen LogP contribution in [0.3, 0.4) is 0 Å². The molecule has 0 aromatic heterocycles. The van der Waals surface area contributed by atoms with Gasteiger partial charge < -0.3 is 9.47 Å². The van der Waals surface area contributed by atoms with Gasteiger partial charge in [0.2, 0.25) is 0 Å². The Morgan fingerprint density at radius 2 is 1.46 bits per heavy atom. The lowest BCUT2D eigenvalue weighted by molar-refractivity contribution is 0.00440. The number of hydrogen-bond acceptors (Lipinski definition) is 3. The largest absolute Gasteiger partial charge is 0.457 e. The average Bonchev–Trinajstić information content (AvgIpc) is 2.72. The topological polar surface area (TPSA) is 35.5 Å². The summed E-state index contributed by atoms with van der Waals surface area (Å²) in [6, 6.07) is 16.4. The highest BCUT2D eigenvalue weighted by atomic mass is 16.6. The molecule has 0 aliphatic carbocycles. The Kier molecular flexibility index (Phi) is 9.78. The maximum Gasteiger partial charge on any atom is 0.338 e. The van der Waals surface area contributed by atoms with E-state index in [0.717, 1.165) is 12.0 Å². The highest BCUT2D eigenvalue weighted by Gasteiger charge is 2.12. The number of benzene rings is 2. The van der Waals surface area contributed by atoms with Crippen LogP contribution in [0.15, 0.2) is 48.5 Å². The number of unbranched alkanes of at least 4 members (excludes halogenated alkanes) is 4. The van der Waals surface area contributed by atoms with Crippen molar-refractivity contribution in [3.8, 4) is 11.1 Å². The third kappa shape index (κ3) is 7.47. The first-order valence-corrected chi connectivity index (χ1v) is 10.6. The standard InChI is InChI=1S/C25H34O3/c1-4-6-7-8-9-10-21-11-13-22(14-12-21)23-15-17-24(18-16-23)25(26)28-20(3)19-27-5-2/h11-18,20H,4-10,19H2,1-3H3. The minimum atomic E-state index is -0.308. The van der Waals surface area contributed by atoms with Crippen molar-refractivity contribution >= 4 is 5.97 Å². The molecule has 2 aromatic rings. The van der Waals surface area contributed by atoms with Crippen molar-refractivity contribution in [1.29, 1.82) is 0 Å². The quantitative estimate of drug-likeness (QED) is 0.313. The predicted octanol–water partition coefficient (Wildman–Crippen LogP) is 6.45. The normalized spacial score (nSPS) is 12.0. The van der Waals surface area contributed by atoms with Crippen LogP contribution in [0.4, 0.5) is 0 Å². The van der Waals surface area contributed by atoms with Gasteiger partial charge in [-0.3, -0.25) is 0 Å². The molecule has 0 saturated heterocycles. The van der Waals surface area contributed by atoms with Crippen LogP contribution < -0.4 is 0 Å². The van der Waals surface area contributed by atoms with E-state index in [1.807, 2.05) is 38.1 Å². The van der Waals surface area contributed by atoms with E-state index in [4.69, 9.17) is 9.47 Å². The van der Waals surface area contributed by atoms with Crippen LogP contribution in [0.5, 0.6) is 0 Å². The van der Waals surface area contributed by atoms with Crippen LogP contribution in [0.25, 0.3) is 11.1 Å². The monoisotopic (exact) mass is 382 g/mol. The van der Waals surface area contributed by atoms with E-state index in [9.17, 15) is 4.79 Å². The molecule has 3 heteroatoms. The molecule has 0 fully saturated rings. The number of esters is 1. The third-order valence-corrected chi connectivity index (χ3v) is 4.84. The van der Waals surface area contributed by atoms with Gasteiger partial charge in [0.25, 0.3) is 0 Å². The Labute approximate surface area is 170 Å². The summed E-state index contributed by atoms with van der Waals surface area (Å²) in [6.45, 7) is 7.05. The van der Waals surface area contributed by atoms with E-state index in [1.54, 1.807) is 0 Å². The van der Waals surface area contributed by atoms with Crippen LogP contribution in [0.1, 0.15) is 68.8 Å². The highest BCUT2D eigenvalue weighted by molar-refractivity contribution is 5.90. The first kappa shape index (κ1) is 22.2. The fourth-order valence-corrected chi connectivity index (χ4v) is 3.16. The van der Waals surface area contributed by atoms with Gasteiger partial charge in [0.15, 0.2) is 0 Å². The molecule has 0 amide bonds. The van der Waals surface area contributed by atoms with E-state index < -0.39 is 0 Å². The lowest BCUT2D eigenvalue weighted by Crippen LogP contribution is -2.20. The summed E-state index contributed by atoms with van der Waals surface area (Å²) in [7, 11) is 0. The minimum absolute atomic E-state index is 0.248. The number of rotatable bonds is 12. The van der Waals surface area contributed by atoms with Gasteiger partial charge in [-0.05, 0) is 55.5 Å². The molecule has 0 aliphatic rings. The number of hydrogen-bond donors (Lipinski definition) is 0. The van der Waals surface area contributed by atoms with Crippen molar-refractivity contribution in [2.45, 2.75) is 65.4 Å².